The molecule has 1 heterocycles. The van der Waals surface area contributed by atoms with E-state index in [9.17, 15) is 14.7 Å². The Morgan fingerprint density at radius 1 is 1.06 bits per heavy atom. The number of benzene rings is 2. The molecule has 2 aromatic rings. The van der Waals surface area contributed by atoms with Crippen LogP contribution >= 0.6 is 0 Å². The summed E-state index contributed by atoms with van der Waals surface area (Å²) in [6.07, 6.45) is 1.91. The van der Waals surface area contributed by atoms with Crippen molar-refractivity contribution in [2.45, 2.75) is 25.8 Å². The van der Waals surface area contributed by atoms with Crippen LogP contribution in [0.25, 0.3) is 5.76 Å². The third-order valence-electron chi connectivity index (χ3n) is 5.93. The van der Waals surface area contributed by atoms with Crippen molar-refractivity contribution in [2.24, 2.45) is 0 Å². The normalized spacial score (nSPS) is 17.2. The molecule has 1 aliphatic rings. The van der Waals surface area contributed by atoms with Crippen molar-refractivity contribution >= 4 is 17.4 Å². The Bertz CT molecular complexity index is 1090. The van der Waals surface area contributed by atoms with Gasteiger partial charge in [-0.2, -0.15) is 0 Å². The van der Waals surface area contributed by atoms with Gasteiger partial charge in [-0.15, -0.1) is 0 Å². The van der Waals surface area contributed by atoms with Gasteiger partial charge in [-0.1, -0.05) is 31.5 Å². The Balaban J connectivity index is 2.11. The molecule has 1 N–H and O–H groups in total. The summed E-state index contributed by atoms with van der Waals surface area (Å²) < 4.78 is 16.6. The fourth-order valence-electron chi connectivity index (χ4n) is 4.01. The van der Waals surface area contributed by atoms with E-state index in [0.717, 1.165) is 12.8 Å². The molecule has 0 saturated carbocycles. The number of ketones is 1. The second-order valence-electron chi connectivity index (χ2n) is 8.64. The standard InChI is InChI=1S/C27H34N2O6/c1-6-7-15-35-20-10-8-9-19(16-20)25(30)23-24(18-11-12-21(33-4)22(17-18)34-5)29(14-13-28(2)3)27(32)26(23)31/h8-12,16-17,24,30H,6-7,13-15H2,1-5H3. The van der Waals surface area contributed by atoms with Crippen LogP contribution < -0.4 is 14.2 Å². The fraction of sp³-hybridized carbons (Fsp3) is 0.407. The van der Waals surface area contributed by atoms with E-state index in [4.69, 9.17) is 14.2 Å². The molecule has 35 heavy (non-hydrogen) atoms. The molecule has 0 aromatic heterocycles. The monoisotopic (exact) mass is 482 g/mol. The van der Waals surface area contributed by atoms with Crippen LogP contribution in [0.5, 0.6) is 17.2 Å². The van der Waals surface area contributed by atoms with Crippen molar-refractivity contribution in [1.29, 1.82) is 0 Å². The summed E-state index contributed by atoms with van der Waals surface area (Å²) >= 11 is 0. The number of unbranched alkanes of at least 4 members (excludes halogenated alkanes) is 1. The van der Waals surface area contributed by atoms with E-state index in [-0.39, 0.29) is 11.3 Å². The van der Waals surface area contributed by atoms with Gasteiger partial charge in [0.25, 0.3) is 11.7 Å². The van der Waals surface area contributed by atoms with Gasteiger partial charge in [-0.05, 0) is 50.3 Å². The van der Waals surface area contributed by atoms with Crippen LogP contribution in [0.1, 0.15) is 36.9 Å². The molecule has 1 unspecified atom stereocenters. The molecule has 1 aliphatic heterocycles. The molecule has 0 aliphatic carbocycles. The van der Waals surface area contributed by atoms with Crippen LogP contribution in [-0.2, 0) is 9.59 Å². The Morgan fingerprint density at radius 2 is 1.80 bits per heavy atom. The third-order valence-corrected chi connectivity index (χ3v) is 5.93. The second kappa shape index (κ2) is 11.8. The molecule has 1 atom stereocenters. The first-order chi connectivity index (χ1) is 16.8. The highest BCUT2D eigenvalue weighted by molar-refractivity contribution is 6.46. The topological polar surface area (TPSA) is 88.5 Å². The van der Waals surface area contributed by atoms with Gasteiger partial charge in [-0.25, -0.2) is 0 Å². The number of aliphatic hydroxyl groups is 1. The highest BCUT2D eigenvalue weighted by Crippen LogP contribution is 2.42. The van der Waals surface area contributed by atoms with Crippen LogP contribution in [0.4, 0.5) is 0 Å². The number of likely N-dealkylation sites (tertiary alicyclic amines) is 1. The van der Waals surface area contributed by atoms with Crippen LogP contribution in [0, 0.1) is 0 Å². The minimum Gasteiger partial charge on any atom is -0.507 e. The predicted molar refractivity (Wildman–Crippen MR) is 134 cm³/mol. The number of amides is 1. The van der Waals surface area contributed by atoms with Gasteiger partial charge in [0.2, 0.25) is 0 Å². The summed E-state index contributed by atoms with van der Waals surface area (Å²) in [7, 11) is 6.85. The van der Waals surface area contributed by atoms with Crippen LogP contribution in [0.3, 0.4) is 0 Å². The van der Waals surface area contributed by atoms with Crippen molar-refractivity contribution < 1.29 is 28.9 Å². The maximum absolute atomic E-state index is 13.2. The minimum absolute atomic E-state index is 0.0340. The summed E-state index contributed by atoms with van der Waals surface area (Å²) in [5.41, 5.74) is 1.08. The summed E-state index contributed by atoms with van der Waals surface area (Å²) in [4.78, 5) is 29.8. The number of ether oxygens (including phenoxy) is 3. The van der Waals surface area contributed by atoms with E-state index in [2.05, 4.69) is 6.92 Å². The second-order valence-corrected chi connectivity index (χ2v) is 8.64. The van der Waals surface area contributed by atoms with Crippen molar-refractivity contribution in [3.05, 3.63) is 59.2 Å². The molecule has 0 spiro atoms. The fourth-order valence-corrected chi connectivity index (χ4v) is 4.01. The highest BCUT2D eigenvalue weighted by atomic mass is 16.5. The van der Waals surface area contributed by atoms with Gasteiger partial charge in [0, 0.05) is 18.7 Å². The zero-order chi connectivity index (χ0) is 25.5. The maximum Gasteiger partial charge on any atom is 0.295 e. The number of carbonyl (C=O) groups is 2. The number of Topliss-reactive ketones (excluding diaryl/α,β-unsaturated/α-hetero) is 1. The van der Waals surface area contributed by atoms with Crippen molar-refractivity contribution in [2.75, 3.05) is 48.0 Å². The molecule has 1 fully saturated rings. The van der Waals surface area contributed by atoms with E-state index in [1.165, 1.54) is 19.1 Å². The first-order valence-electron chi connectivity index (χ1n) is 11.7. The molecule has 2 aromatic carbocycles. The molecular formula is C27H34N2O6. The van der Waals surface area contributed by atoms with Gasteiger partial charge in [0.15, 0.2) is 11.5 Å². The molecular weight excluding hydrogens is 448 g/mol. The Kier molecular flexibility index (Phi) is 8.76. The number of methoxy groups -OCH3 is 2. The lowest BCUT2D eigenvalue weighted by Gasteiger charge is -2.27. The average Bonchev–Trinajstić information content (AvgIpc) is 3.11. The molecule has 188 valence electrons. The lowest BCUT2D eigenvalue weighted by Crippen LogP contribution is -2.35. The van der Waals surface area contributed by atoms with E-state index in [1.54, 1.807) is 42.5 Å². The van der Waals surface area contributed by atoms with Crippen LogP contribution in [0.15, 0.2) is 48.0 Å². The lowest BCUT2D eigenvalue weighted by molar-refractivity contribution is -0.140. The average molecular weight is 483 g/mol. The van der Waals surface area contributed by atoms with Gasteiger partial charge < -0.3 is 29.1 Å². The number of nitrogens with zero attached hydrogens (tertiary/aromatic N) is 2. The number of aliphatic hydroxyl groups excluding tert-OH is 1. The van der Waals surface area contributed by atoms with E-state index in [1.807, 2.05) is 19.0 Å². The Hall–Kier alpha value is -3.52. The Labute approximate surface area is 206 Å². The largest absolute Gasteiger partial charge is 0.507 e. The number of hydrogen-bond acceptors (Lipinski definition) is 7. The molecule has 3 rings (SSSR count). The SMILES string of the molecule is CCCCOc1cccc(C(O)=C2C(=O)C(=O)N(CCN(C)C)C2c2ccc(OC)c(OC)c2)c1. The van der Waals surface area contributed by atoms with E-state index in [0.29, 0.717) is 48.1 Å². The summed E-state index contributed by atoms with van der Waals surface area (Å²) in [5, 5.41) is 11.3. The molecule has 1 amide bonds. The number of carbonyl (C=O) groups excluding carboxylic acids is 2. The van der Waals surface area contributed by atoms with Gasteiger partial charge >= 0.3 is 0 Å². The molecule has 8 nitrogen and oxygen atoms in total. The highest BCUT2D eigenvalue weighted by Gasteiger charge is 2.46. The summed E-state index contributed by atoms with van der Waals surface area (Å²) in [6.45, 7) is 3.50. The number of likely N-dealkylation sites (N-methyl/N-ethyl adjacent to an activating group) is 1. The quantitative estimate of drug-likeness (QED) is 0.225. The van der Waals surface area contributed by atoms with Gasteiger partial charge in [0.1, 0.15) is 11.5 Å². The summed E-state index contributed by atoms with van der Waals surface area (Å²) in [5.74, 6) is -0.0294. The molecule has 8 heteroatoms. The van der Waals surface area contributed by atoms with Crippen molar-refractivity contribution in [3.63, 3.8) is 0 Å². The molecule has 0 bridgehead atoms. The van der Waals surface area contributed by atoms with Crippen LogP contribution in [0.2, 0.25) is 0 Å². The van der Waals surface area contributed by atoms with E-state index >= 15 is 0 Å². The number of rotatable bonds is 11. The zero-order valence-electron chi connectivity index (χ0n) is 21.0. The minimum atomic E-state index is -0.778. The van der Waals surface area contributed by atoms with Crippen LogP contribution in [-0.4, -0.2) is 74.6 Å². The van der Waals surface area contributed by atoms with E-state index < -0.39 is 17.7 Å². The summed E-state index contributed by atoms with van der Waals surface area (Å²) in [6, 6.07) is 11.4. The van der Waals surface area contributed by atoms with Crippen molar-refractivity contribution in [3.8, 4) is 17.2 Å². The third kappa shape index (κ3) is 5.77. The van der Waals surface area contributed by atoms with Gasteiger partial charge in [-0.3, -0.25) is 9.59 Å². The lowest BCUT2D eigenvalue weighted by atomic mass is 9.95. The maximum atomic E-state index is 13.2. The zero-order valence-corrected chi connectivity index (χ0v) is 21.0. The first kappa shape index (κ1) is 26.1. The molecule has 1 saturated heterocycles. The molecule has 0 radical (unpaired) electrons. The number of hydrogen-bond donors (Lipinski definition) is 1. The van der Waals surface area contributed by atoms with Crippen molar-refractivity contribution in [1.82, 2.24) is 9.80 Å². The predicted octanol–water partition coefficient (Wildman–Crippen LogP) is 3.87. The smallest absolute Gasteiger partial charge is 0.295 e. The Morgan fingerprint density at radius 3 is 2.46 bits per heavy atom. The van der Waals surface area contributed by atoms with Gasteiger partial charge in [0.05, 0.1) is 32.4 Å². The first-order valence-corrected chi connectivity index (χ1v) is 11.7.